The standard InChI is InChI=1S/C20H26N2O4/c1-4-24-17-5-7-18(8-6-17)25-12-15-9-16(10-15)19-11-20(26-22-19)13(2)21-14(3)23/h5-8,11,13,15-16H,4,9-10,12H2,1-3H3,(H,21,23)/t13-,15?,16?/m0/s1. The highest BCUT2D eigenvalue weighted by atomic mass is 16.5. The Morgan fingerprint density at radius 3 is 2.54 bits per heavy atom. The van der Waals surface area contributed by atoms with E-state index in [9.17, 15) is 4.79 Å². The van der Waals surface area contributed by atoms with Crippen molar-refractivity contribution in [1.82, 2.24) is 10.5 Å². The van der Waals surface area contributed by atoms with Gasteiger partial charge in [0.2, 0.25) is 5.91 Å². The van der Waals surface area contributed by atoms with Gasteiger partial charge in [-0.1, -0.05) is 5.16 Å². The number of rotatable bonds is 8. The molecule has 0 bridgehead atoms. The third kappa shape index (κ3) is 4.56. The smallest absolute Gasteiger partial charge is 0.217 e. The van der Waals surface area contributed by atoms with E-state index >= 15 is 0 Å². The Bertz CT molecular complexity index is 720. The van der Waals surface area contributed by atoms with Gasteiger partial charge in [0.05, 0.1) is 24.9 Å². The molecule has 1 atom stereocenters. The summed E-state index contributed by atoms with van der Waals surface area (Å²) in [6, 6.07) is 9.52. The molecule has 0 spiro atoms. The first-order chi connectivity index (χ1) is 12.5. The second kappa shape index (κ2) is 8.25. The number of benzene rings is 1. The molecule has 1 saturated carbocycles. The molecule has 2 aromatic rings. The van der Waals surface area contributed by atoms with Crippen LogP contribution in [0.5, 0.6) is 11.5 Å². The van der Waals surface area contributed by atoms with Crippen LogP contribution in [-0.4, -0.2) is 24.3 Å². The van der Waals surface area contributed by atoms with Gasteiger partial charge in [-0.3, -0.25) is 4.79 Å². The molecule has 1 aromatic heterocycles. The summed E-state index contributed by atoms with van der Waals surface area (Å²) in [6.07, 6.45) is 2.08. The molecular formula is C20H26N2O4. The van der Waals surface area contributed by atoms with Crippen molar-refractivity contribution >= 4 is 5.91 Å². The zero-order valence-electron chi connectivity index (χ0n) is 15.5. The molecule has 1 amide bonds. The summed E-state index contributed by atoms with van der Waals surface area (Å²) in [5.74, 6) is 3.28. The van der Waals surface area contributed by atoms with Crippen LogP contribution in [0.2, 0.25) is 0 Å². The summed E-state index contributed by atoms with van der Waals surface area (Å²) < 4.78 is 16.7. The third-order valence-corrected chi connectivity index (χ3v) is 4.67. The van der Waals surface area contributed by atoms with Gasteiger partial charge in [-0.15, -0.1) is 0 Å². The molecule has 3 rings (SSSR count). The van der Waals surface area contributed by atoms with Crippen molar-refractivity contribution < 1.29 is 18.8 Å². The Balaban J connectivity index is 1.43. The molecular weight excluding hydrogens is 332 g/mol. The molecule has 6 heteroatoms. The molecule has 140 valence electrons. The monoisotopic (exact) mass is 358 g/mol. The van der Waals surface area contributed by atoms with E-state index in [1.807, 2.05) is 44.2 Å². The van der Waals surface area contributed by atoms with E-state index in [0.717, 1.165) is 30.0 Å². The summed E-state index contributed by atoms with van der Waals surface area (Å²) in [5, 5.41) is 6.97. The lowest BCUT2D eigenvalue weighted by molar-refractivity contribution is -0.119. The lowest BCUT2D eigenvalue weighted by Gasteiger charge is -2.33. The van der Waals surface area contributed by atoms with Crippen molar-refractivity contribution in [2.24, 2.45) is 5.92 Å². The first-order valence-electron chi connectivity index (χ1n) is 9.14. The first-order valence-corrected chi connectivity index (χ1v) is 9.14. The van der Waals surface area contributed by atoms with Crippen LogP contribution < -0.4 is 14.8 Å². The van der Waals surface area contributed by atoms with E-state index < -0.39 is 0 Å². The van der Waals surface area contributed by atoms with Gasteiger partial charge >= 0.3 is 0 Å². The largest absolute Gasteiger partial charge is 0.494 e. The SMILES string of the molecule is CCOc1ccc(OCC2CC(c3cc([C@H](C)NC(C)=O)on3)C2)cc1. The topological polar surface area (TPSA) is 73.6 Å². The Kier molecular flexibility index (Phi) is 5.81. The molecule has 6 nitrogen and oxygen atoms in total. The van der Waals surface area contributed by atoms with E-state index in [1.54, 1.807) is 0 Å². The van der Waals surface area contributed by atoms with Gasteiger partial charge in [0.1, 0.15) is 11.5 Å². The molecule has 1 heterocycles. The Labute approximate surface area is 153 Å². The molecule has 1 aliphatic carbocycles. The maximum atomic E-state index is 11.1. The second-order valence-corrected chi connectivity index (χ2v) is 6.83. The van der Waals surface area contributed by atoms with Crippen LogP contribution in [-0.2, 0) is 4.79 Å². The fraction of sp³-hybridized carbons (Fsp3) is 0.500. The highest BCUT2D eigenvalue weighted by Gasteiger charge is 2.33. The summed E-state index contributed by atoms with van der Waals surface area (Å²) in [5.41, 5.74) is 0.967. The Morgan fingerprint density at radius 2 is 1.92 bits per heavy atom. The maximum absolute atomic E-state index is 11.1. The van der Waals surface area contributed by atoms with Gasteiger partial charge in [-0.05, 0) is 56.9 Å². The van der Waals surface area contributed by atoms with Crippen molar-refractivity contribution in [3.8, 4) is 11.5 Å². The minimum absolute atomic E-state index is 0.0782. The quantitative estimate of drug-likeness (QED) is 0.776. The molecule has 1 aliphatic rings. The Morgan fingerprint density at radius 1 is 1.27 bits per heavy atom. The van der Waals surface area contributed by atoms with Crippen molar-refractivity contribution in [3.63, 3.8) is 0 Å². The number of nitrogens with one attached hydrogen (secondary N) is 1. The molecule has 0 unspecified atom stereocenters. The highest BCUT2D eigenvalue weighted by molar-refractivity contribution is 5.73. The average Bonchev–Trinajstić information content (AvgIpc) is 3.04. The third-order valence-electron chi connectivity index (χ3n) is 4.67. The van der Waals surface area contributed by atoms with Crippen molar-refractivity contribution in [1.29, 1.82) is 0 Å². The molecule has 26 heavy (non-hydrogen) atoms. The number of hydrogen-bond donors (Lipinski definition) is 1. The lowest BCUT2D eigenvalue weighted by atomic mass is 9.73. The number of ether oxygens (including phenoxy) is 2. The minimum Gasteiger partial charge on any atom is -0.494 e. The summed E-state index contributed by atoms with van der Waals surface area (Å²) in [6.45, 7) is 6.72. The normalized spacial score (nSPS) is 20.1. The van der Waals surface area contributed by atoms with Gasteiger partial charge in [0, 0.05) is 18.9 Å². The zero-order chi connectivity index (χ0) is 18.5. The van der Waals surface area contributed by atoms with Gasteiger partial charge in [-0.2, -0.15) is 0 Å². The number of carbonyl (C=O) groups excluding carboxylic acids is 1. The van der Waals surface area contributed by atoms with Crippen LogP contribution in [0, 0.1) is 5.92 Å². The zero-order valence-corrected chi connectivity index (χ0v) is 15.5. The van der Waals surface area contributed by atoms with Crippen molar-refractivity contribution in [2.45, 2.75) is 45.6 Å². The lowest BCUT2D eigenvalue weighted by Crippen LogP contribution is -2.27. The number of aromatic nitrogens is 1. The van der Waals surface area contributed by atoms with Crippen molar-refractivity contribution in [2.75, 3.05) is 13.2 Å². The maximum Gasteiger partial charge on any atom is 0.217 e. The van der Waals surface area contributed by atoms with Crippen LogP contribution in [0.25, 0.3) is 0 Å². The van der Waals surface area contributed by atoms with E-state index in [0.29, 0.717) is 30.8 Å². The van der Waals surface area contributed by atoms with Crippen LogP contribution in [0.3, 0.4) is 0 Å². The van der Waals surface area contributed by atoms with Crippen LogP contribution >= 0.6 is 0 Å². The highest BCUT2D eigenvalue weighted by Crippen LogP contribution is 2.41. The summed E-state index contributed by atoms with van der Waals surface area (Å²) in [4.78, 5) is 11.1. The summed E-state index contributed by atoms with van der Waals surface area (Å²) >= 11 is 0. The second-order valence-electron chi connectivity index (χ2n) is 6.83. The number of amides is 1. The van der Waals surface area contributed by atoms with Gasteiger partial charge < -0.3 is 19.3 Å². The average molecular weight is 358 g/mol. The van der Waals surface area contributed by atoms with Gasteiger partial charge in [0.15, 0.2) is 5.76 Å². The van der Waals surface area contributed by atoms with E-state index in [-0.39, 0.29) is 11.9 Å². The van der Waals surface area contributed by atoms with Crippen LogP contribution in [0.15, 0.2) is 34.9 Å². The van der Waals surface area contributed by atoms with Gasteiger partial charge in [0.25, 0.3) is 0 Å². The molecule has 0 saturated heterocycles. The van der Waals surface area contributed by atoms with Crippen molar-refractivity contribution in [3.05, 3.63) is 41.8 Å². The predicted molar refractivity (Wildman–Crippen MR) is 97.3 cm³/mol. The minimum atomic E-state index is -0.160. The van der Waals surface area contributed by atoms with Gasteiger partial charge in [-0.25, -0.2) is 0 Å². The number of hydrogen-bond acceptors (Lipinski definition) is 5. The fourth-order valence-corrected chi connectivity index (χ4v) is 3.20. The predicted octanol–water partition coefficient (Wildman–Crippen LogP) is 3.84. The molecule has 0 aliphatic heterocycles. The van der Waals surface area contributed by atoms with E-state index in [4.69, 9.17) is 14.0 Å². The first kappa shape index (κ1) is 18.3. The van der Waals surface area contributed by atoms with Crippen LogP contribution in [0.4, 0.5) is 0 Å². The molecule has 1 N–H and O–H groups in total. The summed E-state index contributed by atoms with van der Waals surface area (Å²) in [7, 11) is 0. The fourth-order valence-electron chi connectivity index (χ4n) is 3.20. The number of nitrogens with zero attached hydrogens (tertiary/aromatic N) is 1. The number of carbonyl (C=O) groups is 1. The van der Waals surface area contributed by atoms with Crippen LogP contribution in [0.1, 0.15) is 57.0 Å². The Hall–Kier alpha value is -2.50. The molecule has 1 fully saturated rings. The van der Waals surface area contributed by atoms with E-state index in [2.05, 4.69) is 10.5 Å². The van der Waals surface area contributed by atoms with E-state index in [1.165, 1.54) is 6.92 Å². The molecule has 0 radical (unpaired) electrons. The molecule has 1 aromatic carbocycles.